The highest BCUT2D eigenvalue weighted by Gasteiger charge is 2.41. The lowest BCUT2D eigenvalue weighted by molar-refractivity contribution is -0.168. The van der Waals surface area contributed by atoms with E-state index in [9.17, 15) is 14.7 Å². The minimum atomic E-state index is -0.445. The lowest BCUT2D eigenvalue weighted by Crippen LogP contribution is -2.57. The Morgan fingerprint density at radius 3 is 2.43 bits per heavy atom. The normalized spacial score (nSPS) is 22.7. The third kappa shape index (κ3) is 4.38. The number of aliphatic hydroxyl groups is 1. The molecule has 4 rings (SSSR count). The Morgan fingerprint density at radius 2 is 1.77 bits per heavy atom. The zero-order chi connectivity index (χ0) is 20.9. The van der Waals surface area contributed by atoms with Gasteiger partial charge < -0.3 is 24.8 Å². The number of carbonyl (C=O) groups excluding carboxylic acids is 2. The number of rotatable bonds is 5. The first-order chi connectivity index (χ1) is 14.7. The molecule has 30 heavy (non-hydrogen) atoms. The van der Waals surface area contributed by atoms with Crippen LogP contribution in [0, 0.1) is 0 Å². The number of anilines is 1. The number of hydrogen-bond donors (Lipinski definition) is 2. The van der Waals surface area contributed by atoms with E-state index < -0.39 is 12.1 Å². The molecule has 0 bridgehead atoms. The van der Waals surface area contributed by atoms with Crippen LogP contribution < -0.4 is 5.32 Å². The number of morpholine rings is 1. The summed E-state index contributed by atoms with van der Waals surface area (Å²) in [5.74, 6) is -0.272. The summed E-state index contributed by atoms with van der Waals surface area (Å²) in [7, 11) is 0. The number of aliphatic hydroxyl groups excluding tert-OH is 1. The summed E-state index contributed by atoms with van der Waals surface area (Å²) in [6, 6.07) is 16.0. The van der Waals surface area contributed by atoms with Crippen LogP contribution in [0.15, 0.2) is 54.6 Å². The quantitative estimate of drug-likeness (QED) is 0.790. The van der Waals surface area contributed by atoms with Crippen molar-refractivity contribution in [2.24, 2.45) is 0 Å². The molecule has 2 N–H and O–H groups in total. The van der Waals surface area contributed by atoms with Crippen molar-refractivity contribution in [2.75, 3.05) is 31.7 Å². The summed E-state index contributed by atoms with van der Waals surface area (Å²) < 4.78 is 11.2. The molecule has 0 saturated carbocycles. The van der Waals surface area contributed by atoms with Gasteiger partial charge in [-0.3, -0.25) is 9.59 Å². The van der Waals surface area contributed by atoms with Crippen molar-refractivity contribution in [1.82, 2.24) is 4.90 Å². The Labute approximate surface area is 175 Å². The number of amides is 2. The molecule has 2 aliphatic rings. The molecule has 0 spiro atoms. The molecule has 0 radical (unpaired) electrons. The van der Waals surface area contributed by atoms with Crippen molar-refractivity contribution in [1.29, 1.82) is 0 Å². The van der Waals surface area contributed by atoms with Gasteiger partial charge in [-0.05, 0) is 42.7 Å². The van der Waals surface area contributed by atoms with Gasteiger partial charge in [0.15, 0.2) is 0 Å². The molecule has 2 amide bonds. The highest BCUT2D eigenvalue weighted by atomic mass is 16.5. The van der Waals surface area contributed by atoms with Gasteiger partial charge in [-0.15, -0.1) is 0 Å². The molecular weight excluding hydrogens is 384 g/mol. The zero-order valence-corrected chi connectivity index (χ0v) is 16.7. The maximum absolute atomic E-state index is 12.6. The Morgan fingerprint density at radius 1 is 1.07 bits per heavy atom. The van der Waals surface area contributed by atoms with E-state index in [4.69, 9.17) is 9.47 Å². The van der Waals surface area contributed by atoms with Gasteiger partial charge >= 0.3 is 0 Å². The lowest BCUT2D eigenvalue weighted by Gasteiger charge is -2.45. The van der Waals surface area contributed by atoms with Gasteiger partial charge in [0.1, 0.15) is 12.7 Å². The zero-order valence-electron chi connectivity index (χ0n) is 16.7. The minimum absolute atomic E-state index is 0.00891. The highest BCUT2D eigenvalue weighted by molar-refractivity contribution is 6.04. The molecule has 2 aromatic carbocycles. The largest absolute Gasteiger partial charge is 0.394 e. The van der Waals surface area contributed by atoms with Crippen LogP contribution in [-0.2, 0) is 14.3 Å². The smallest absolute Gasteiger partial charge is 0.255 e. The number of benzene rings is 2. The predicted octanol–water partition coefficient (Wildman–Crippen LogP) is 2.38. The van der Waals surface area contributed by atoms with E-state index in [0.29, 0.717) is 24.5 Å². The van der Waals surface area contributed by atoms with E-state index in [1.54, 1.807) is 17.0 Å². The van der Waals surface area contributed by atoms with Crippen LogP contribution in [0.1, 0.15) is 34.9 Å². The first-order valence-electron chi connectivity index (χ1n) is 10.2. The second-order valence-electron chi connectivity index (χ2n) is 7.57. The monoisotopic (exact) mass is 410 g/mol. The first kappa shape index (κ1) is 20.5. The summed E-state index contributed by atoms with van der Waals surface area (Å²) in [6.45, 7) is 1.05. The third-order valence-corrected chi connectivity index (χ3v) is 5.69. The van der Waals surface area contributed by atoms with E-state index in [1.165, 1.54) is 0 Å². The molecule has 2 aliphatic heterocycles. The molecule has 0 aliphatic carbocycles. The molecule has 0 aromatic heterocycles. The molecule has 0 unspecified atom stereocenters. The van der Waals surface area contributed by atoms with E-state index >= 15 is 0 Å². The molecule has 7 nitrogen and oxygen atoms in total. The Hall–Kier alpha value is -2.74. The van der Waals surface area contributed by atoms with E-state index in [-0.39, 0.29) is 31.1 Å². The van der Waals surface area contributed by atoms with Crippen molar-refractivity contribution in [2.45, 2.75) is 31.0 Å². The van der Waals surface area contributed by atoms with Crippen LogP contribution in [0.3, 0.4) is 0 Å². The van der Waals surface area contributed by atoms with Gasteiger partial charge in [-0.2, -0.15) is 0 Å². The Kier molecular flexibility index (Phi) is 6.42. The highest BCUT2D eigenvalue weighted by Crippen LogP contribution is 2.33. The molecule has 2 atom stereocenters. The van der Waals surface area contributed by atoms with Crippen molar-refractivity contribution in [3.8, 4) is 0 Å². The van der Waals surface area contributed by atoms with Crippen LogP contribution in [0.25, 0.3) is 0 Å². The predicted molar refractivity (Wildman–Crippen MR) is 111 cm³/mol. The van der Waals surface area contributed by atoms with Crippen molar-refractivity contribution >= 4 is 17.5 Å². The average molecular weight is 410 g/mol. The summed E-state index contributed by atoms with van der Waals surface area (Å²) in [4.78, 5) is 26.7. The minimum Gasteiger partial charge on any atom is -0.394 e. The molecule has 2 heterocycles. The van der Waals surface area contributed by atoms with E-state index in [0.717, 1.165) is 18.4 Å². The molecule has 2 fully saturated rings. The van der Waals surface area contributed by atoms with Gasteiger partial charge in [-0.25, -0.2) is 0 Å². The summed E-state index contributed by atoms with van der Waals surface area (Å²) in [6.07, 6.45) is 1.10. The number of carbonyl (C=O) groups is 2. The van der Waals surface area contributed by atoms with Gasteiger partial charge in [-0.1, -0.05) is 30.3 Å². The molecule has 2 saturated heterocycles. The second kappa shape index (κ2) is 9.38. The van der Waals surface area contributed by atoms with Gasteiger partial charge in [0.05, 0.1) is 12.6 Å². The van der Waals surface area contributed by atoms with E-state index in [2.05, 4.69) is 5.32 Å². The second-order valence-corrected chi connectivity index (χ2v) is 7.57. The SMILES string of the molecule is O=C(Nc1ccc([C@H]2OCC(=O)N(C3CCOCC3)[C@@H]2CO)cc1)c1ccccc1. The number of hydrogen-bond acceptors (Lipinski definition) is 5. The van der Waals surface area contributed by atoms with Crippen LogP contribution >= 0.6 is 0 Å². The topological polar surface area (TPSA) is 88.1 Å². The maximum atomic E-state index is 12.6. The standard InChI is InChI=1S/C23H26N2O5/c26-14-20-22(30-15-21(27)25(20)19-10-12-29-13-11-19)16-6-8-18(9-7-16)24-23(28)17-4-2-1-3-5-17/h1-9,19-20,22,26H,10-15H2,(H,24,28)/t20-,22-/m1/s1. The summed E-state index contributed by atoms with van der Waals surface area (Å²) >= 11 is 0. The molecular formula is C23H26N2O5. The van der Waals surface area contributed by atoms with Crippen LogP contribution in [-0.4, -0.2) is 60.3 Å². The fraction of sp³-hybridized carbons (Fsp3) is 0.391. The molecule has 2 aromatic rings. The molecule has 158 valence electrons. The Bertz CT molecular complexity index is 865. The fourth-order valence-corrected chi connectivity index (χ4v) is 4.17. The fourth-order valence-electron chi connectivity index (χ4n) is 4.17. The Balaban J connectivity index is 1.48. The van der Waals surface area contributed by atoms with E-state index in [1.807, 2.05) is 42.5 Å². The van der Waals surface area contributed by atoms with Gasteiger partial charge in [0.2, 0.25) is 5.91 Å². The number of nitrogens with zero attached hydrogens (tertiary/aromatic N) is 1. The first-order valence-corrected chi connectivity index (χ1v) is 10.2. The third-order valence-electron chi connectivity index (χ3n) is 5.69. The van der Waals surface area contributed by atoms with Crippen molar-refractivity contribution < 1.29 is 24.2 Å². The lowest BCUT2D eigenvalue weighted by atomic mass is 9.95. The van der Waals surface area contributed by atoms with Crippen LogP contribution in [0.4, 0.5) is 5.69 Å². The number of nitrogens with one attached hydrogen (secondary N) is 1. The molecule has 7 heteroatoms. The van der Waals surface area contributed by atoms with Crippen molar-refractivity contribution in [3.05, 3.63) is 65.7 Å². The number of ether oxygens (including phenoxy) is 2. The maximum Gasteiger partial charge on any atom is 0.255 e. The summed E-state index contributed by atoms with van der Waals surface area (Å²) in [5, 5.41) is 13.0. The average Bonchev–Trinajstić information content (AvgIpc) is 2.80. The van der Waals surface area contributed by atoms with Gasteiger partial charge in [0.25, 0.3) is 5.91 Å². The van der Waals surface area contributed by atoms with Crippen LogP contribution in [0.5, 0.6) is 0 Å². The van der Waals surface area contributed by atoms with Crippen molar-refractivity contribution in [3.63, 3.8) is 0 Å². The van der Waals surface area contributed by atoms with Gasteiger partial charge in [0, 0.05) is 30.5 Å². The summed E-state index contributed by atoms with van der Waals surface area (Å²) in [5.41, 5.74) is 2.11. The van der Waals surface area contributed by atoms with Crippen LogP contribution in [0.2, 0.25) is 0 Å².